The number of thiophene rings is 1. The Hall–Kier alpha value is -2.60. The lowest BCUT2D eigenvalue weighted by Crippen LogP contribution is -2.49. The second-order valence-corrected chi connectivity index (χ2v) is 7.80. The number of oxazole rings is 1. The van der Waals surface area contributed by atoms with Gasteiger partial charge in [-0.3, -0.25) is 4.79 Å². The van der Waals surface area contributed by atoms with E-state index in [-0.39, 0.29) is 12.3 Å². The highest BCUT2D eigenvalue weighted by Crippen LogP contribution is 2.37. The molecule has 0 atom stereocenters. The van der Waals surface area contributed by atoms with Crippen LogP contribution in [0.3, 0.4) is 0 Å². The first kappa shape index (κ1) is 16.8. The van der Waals surface area contributed by atoms with Crippen molar-refractivity contribution in [2.45, 2.75) is 32.8 Å². The number of carbonyl (C=O) groups is 1. The van der Waals surface area contributed by atoms with E-state index in [1.165, 1.54) is 0 Å². The third kappa shape index (κ3) is 3.12. The summed E-state index contributed by atoms with van der Waals surface area (Å²) in [6.45, 7) is 6.32. The van der Waals surface area contributed by atoms with Crippen molar-refractivity contribution in [1.82, 2.24) is 4.98 Å². The van der Waals surface area contributed by atoms with Crippen LogP contribution in [0.25, 0.3) is 11.5 Å². The number of nitrogens with zero attached hydrogens (tertiary/aromatic N) is 2. The van der Waals surface area contributed by atoms with Gasteiger partial charge in [-0.15, -0.1) is 0 Å². The molecule has 2 aromatic heterocycles. The molecule has 134 valence electrons. The predicted octanol–water partition coefficient (Wildman–Crippen LogP) is 4.46. The van der Waals surface area contributed by atoms with Gasteiger partial charge in [0.05, 0.1) is 24.3 Å². The van der Waals surface area contributed by atoms with E-state index in [9.17, 15) is 4.79 Å². The maximum Gasteiger partial charge on any atom is 0.233 e. The van der Waals surface area contributed by atoms with Crippen molar-refractivity contribution in [1.29, 1.82) is 0 Å². The number of fused-ring (bicyclic) bond motifs is 1. The van der Waals surface area contributed by atoms with E-state index < -0.39 is 5.60 Å². The standard InChI is InChI=1S/C20H20N2O3S/c1-13-15(21-19(24-13)14-8-9-26-11-14)10-18(23)22-12-20(2,3)25-17-7-5-4-6-16(17)22/h4-9,11H,10,12H2,1-3H3. The highest BCUT2D eigenvalue weighted by molar-refractivity contribution is 7.08. The third-order valence-electron chi connectivity index (χ3n) is 4.36. The van der Waals surface area contributed by atoms with Gasteiger partial charge < -0.3 is 14.1 Å². The predicted molar refractivity (Wildman–Crippen MR) is 102 cm³/mol. The van der Waals surface area contributed by atoms with Gasteiger partial charge in [-0.1, -0.05) is 12.1 Å². The Labute approximate surface area is 156 Å². The van der Waals surface area contributed by atoms with E-state index in [1.54, 1.807) is 16.2 Å². The first-order valence-electron chi connectivity index (χ1n) is 8.50. The number of aromatic nitrogens is 1. The average Bonchev–Trinajstić information content (AvgIpc) is 3.23. The van der Waals surface area contributed by atoms with Gasteiger partial charge in [0, 0.05) is 10.9 Å². The van der Waals surface area contributed by atoms with Crippen molar-refractivity contribution in [2.75, 3.05) is 11.4 Å². The zero-order chi connectivity index (χ0) is 18.3. The number of carbonyl (C=O) groups excluding carboxylic acids is 1. The molecule has 5 nitrogen and oxygen atoms in total. The molecule has 0 unspecified atom stereocenters. The number of rotatable bonds is 3. The Bertz CT molecular complexity index is 944. The summed E-state index contributed by atoms with van der Waals surface area (Å²) in [6, 6.07) is 9.60. The van der Waals surface area contributed by atoms with Gasteiger partial charge in [0.1, 0.15) is 17.1 Å². The number of benzene rings is 1. The lowest BCUT2D eigenvalue weighted by molar-refractivity contribution is -0.119. The summed E-state index contributed by atoms with van der Waals surface area (Å²) in [5, 5.41) is 3.96. The molecule has 1 amide bonds. The summed E-state index contributed by atoms with van der Waals surface area (Å²) in [5.41, 5.74) is 1.98. The van der Waals surface area contributed by atoms with Crippen LogP contribution >= 0.6 is 11.3 Å². The van der Waals surface area contributed by atoms with Crippen molar-refractivity contribution >= 4 is 22.9 Å². The molecule has 0 N–H and O–H groups in total. The second-order valence-electron chi connectivity index (χ2n) is 7.02. The van der Waals surface area contributed by atoms with Crippen molar-refractivity contribution in [3.63, 3.8) is 0 Å². The Morgan fingerprint density at radius 2 is 2.12 bits per heavy atom. The topological polar surface area (TPSA) is 55.6 Å². The minimum atomic E-state index is -0.440. The molecule has 6 heteroatoms. The lowest BCUT2D eigenvalue weighted by atomic mass is 10.0. The number of hydrogen-bond acceptors (Lipinski definition) is 5. The zero-order valence-corrected chi connectivity index (χ0v) is 15.8. The molecule has 1 aromatic carbocycles. The monoisotopic (exact) mass is 368 g/mol. The van der Waals surface area contributed by atoms with E-state index in [1.807, 2.05) is 61.9 Å². The number of para-hydroxylation sites is 2. The smallest absolute Gasteiger partial charge is 0.233 e. The van der Waals surface area contributed by atoms with Gasteiger partial charge in [0.25, 0.3) is 0 Å². The van der Waals surface area contributed by atoms with Crippen LogP contribution in [0.2, 0.25) is 0 Å². The van der Waals surface area contributed by atoms with Crippen LogP contribution in [0.1, 0.15) is 25.3 Å². The van der Waals surface area contributed by atoms with Gasteiger partial charge >= 0.3 is 0 Å². The minimum absolute atomic E-state index is 0.0120. The number of hydrogen-bond donors (Lipinski definition) is 0. The van der Waals surface area contributed by atoms with E-state index in [0.717, 1.165) is 17.0 Å². The maximum atomic E-state index is 13.1. The molecule has 0 aliphatic carbocycles. The van der Waals surface area contributed by atoms with Gasteiger partial charge in [-0.25, -0.2) is 4.98 Å². The van der Waals surface area contributed by atoms with Crippen LogP contribution in [0.4, 0.5) is 5.69 Å². The molecular formula is C20H20N2O3S. The SMILES string of the molecule is Cc1oc(-c2ccsc2)nc1CC(=O)N1CC(C)(C)Oc2ccccc21. The van der Waals surface area contributed by atoms with Gasteiger partial charge in [0.2, 0.25) is 11.8 Å². The molecule has 1 aliphatic rings. The van der Waals surface area contributed by atoms with Gasteiger partial charge in [-0.2, -0.15) is 11.3 Å². The van der Waals surface area contributed by atoms with Crippen molar-refractivity contribution in [2.24, 2.45) is 0 Å². The summed E-state index contributed by atoms with van der Waals surface area (Å²) in [4.78, 5) is 19.4. The quantitative estimate of drug-likeness (QED) is 0.685. The summed E-state index contributed by atoms with van der Waals surface area (Å²) in [7, 11) is 0. The molecule has 4 rings (SSSR count). The number of anilines is 1. The molecule has 26 heavy (non-hydrogen) atoms. The highest BCUT2D eigenvalue weighted by atomic mass is 32.1. The molecular weight excluding hydrogens is 348 g/mol. The normalized spacial score (nSPS) is 15.4. The Kier molecular flexibility index (Phi) is 4.07. The van der Waals surface area contributed by atoms with Crippen LogP contribution in [-0.2, 0) is 11.2 Å². The highest BCUT2D eigenvalue weighted by Gasteiger charge is 2.35. The van der Waals surface area contributed by atoms with Crippen LogP contribution in [0.15, 0.2) is 45.5 Å². The first-order chi connectivity index (χ1) is 12.4. The number of amides is 1. The van der Waals surface area contributed by atoms with E-state index in [2.05, 4.69) is 4.98 Å². The van der Waals surface area contributed by atoms with E-state index in [0.29, 0.717) is 23.9 Å². The number of aryl methyl sites for hydroxylation is 1. The molecule has 1 aliphatic heterocycles. The summed E-state index contributed by atoms with van der Waals surface area (Å²) in [5.74, 6) is 1.96. The van der Waals surface area contributed by atoms with Crippen LogP contribution in [0, 0.1) is 6.92 Å². The maximum absolute atomic E-state index is 13.1. The summed E-state index contributed by atoms with van der Waals surface area (Å²) < 4.78 is 11.8. The van der Waals surface area contributed by atoms with Crippen LogP contribution in [0.5, 0.6) is 5.75 Å². The Morgan fingerprint density at radius 3 is 2.88 bits per heavy atom. The molecule has 3 aromatic rings. The summed E-state index contributed by atoms with van der Waals surface area (Å²) >= 11 is 1.59. The van der Waals surface area contributed by atoms with Crippen LogP contribution in [-0.4, -0.2) is 23.0 Å². The molecule has 0 bridgehead atoms. The minimum Gasteiger partial charge on any atom is -0.484 e. The van der Waals surface area contributed by atoms with E-state index >= 15 is 0 Å². The largest absolute Gasteiger partial charge is 0.484 e. The molecule has 0 spiro atoms. The molecule has 0 radical (unpaired) electrons. The molecule has 0 fully saturated rings. The summed E-state index contributed by atoms with van der Waals surface area (Å²) in [6.07, 6.45) is 0.198. The van der Waals surface area contributed by atoms with Crippen LogP contribution < -0.4 is 9.64 Å². The second kappa shape index (κ2) is 6.29. The Morgan fingerprint density at radius 1 is 1.31 bits per heavy atom. The zero-order valence-electron chi connectivity index (χ0n) is 15.0. The van der Waals surface area contributed by atoms with Gasteiger partial charge in [-0.05, 0) is 44.4 Å². The fourth-order valence-electron chi connectivity index (χ4n) is 3.13. The van der Waals surface area contributed by atoms with Crippen molar-refractivity contribution in [3.8, 4) is 17.2 Å². The number of ether oxygens (including phenoxy) is 1. The first-order valence-corrected chi connectivity index (χ1v) is 9.44. The lowest BCUT2D eigenvalue weighted by Gasteiger charge is -2.39. The van der Waals surface area contributed by atoms with E-state index in [4.69, 9.17) is 9.15 Å². The fourth-order valence-corrected chi connectivity index (χ4v) is 3.75. The molecule has 3 heterocycles. The average molecular weight is 368 g/mol. The third-order valence-corrected chi connectivity index (χ3v) is 5.04. The fraction of sp³-hybridized carbons (Fsp3) is 0.300. The Balaban J connectivity index is 1.61. The van der Waals surface area contributed by atoms with Crippen molar-refractivity contribution in [3.05, 3.63) is 52.5 Å². The van der Waals surface area contributed by atoms with Crippen molar-refractivity contribution < 1.29 is 13.9 Å². The van der Waals surface area contributed by atoms with Gasteiger partial charge in [0.15, 0.2) is 0 Å². The molecule has 0 saturated carbocycles. The molecule has 0 saturated heterocycles.